The van der Waals surface area contributed by atoms with Gasteiger partial charge in [-0.15, -0.1) is 11.8 Å². The molecule has 4 heteroatoms. The second-order valence-electron chi connectivity index (χ2n) is 3.84. The van der Waals surface area contributed by atoms with Gasteiger partial charge in [-0.2, -0.15) is 0 Å². The number of ether oxygens (including phenoxy) is 1. The summed E-state index contributed by atoms with van der Waals surface area (Å²) >= 11 is 1.77. The second kappa shape index (κ2) is 4.89. The molecule has 16 heavy (non-hydrogen) atoms. The molecule has 0 fully saturated rings. The zero-order chi connectivity index (χ0) is 11.5. The van der Waals surface area contributed by atoms with Gasteiger partial charge in [-0.05, 0) is 36.3 Å². The molecule has 0 amide bonds. The Kier molecular flexibility index (Phi) is 3.51. The number of thioether (sulfide) groups is 1. The minimum absolute atomic E-state index is 0.0942. The van der Waals surface area contributed by atoms with Crippen LogP contribution >= 0.6 is 11.8 Å². The van der Waals surface area contributed by atoms with Crippen molar-refractivity contribution in [1.29, 1.82) is 0 Å². The van der Waals surface area contributed by atoms with Crippen LogP contribution in [0.3, 0.4) is 0 Å². The van der Waals surface area contributed by atoms with Gasteiger partial charge in [0.15, 0.2) is 0 Å². The Bertz CT molecular complexity index is 406. The van der Waals surface area contributed by atoms with Gasteiger partial charge in [-0.1, -0.05) is 6.07 Å². The van der Waals surface area contributed by atoms with Crippen molar-refractivity contribution in [3.8, 4) is 0 Å². The summed E-state index contributed by atoms with van der Waals surface area (Å²) < 4.78 is 4.71. The summed E-state index contributed by atoms with van der Waals surface area (Å²) in [4.78, 5) is 12.5. The van der Waals surface area contributed by atoms with Gasteiger partial charge < -0.3 is 10.5 Å². The number of carbonyl (C=O) groups is 1. The van der Waals surface area contributed by atoms with E-state index in [0.29, 0.717) is 5.56 Å². The van der Waals surface area contributed by atoms with E-state index < -0.39 is 0 Å². The van der Waals surface area contributed by atoms with Crippen molar-refractivity contribution >= 4 is 17.7 Å². The number of methoxy groups -OCH3 is 1. The summed E-state index contributed by atoms with van der Waals surface area (Å²) in [6.45, 7) is 0. The van der Waals surface area contributed by atoms with Crippen LogP contribution in [0.15, 0.2) is 23.1 Å². The van der Waals surface area contributed by atoms with E-state index in [9.17, 15) is 4.79 Å². The highest BCUT2D eigenvalue weighted by molar-refractivity contribution is 7.99. The average Bonchev–Trinajstić information content (AvgIpc) is 2.50. The van der Waals surface area contributed by atoms with Crippen LogP contribution in [0.4, 0.5) is 0 Å². The number of hydrogen-bond donors (Lipinski definition) is 1. The predicted octanol–water partition coefficient (Wildman–Crippen LogP) is 2.36. The molecule has 1 aromatic rings. The Morgan fingerprint density at radius 2 is 2.38 bits per heavy atom. The first-order valence-corrected chi connectivity index (χ1v) is 6.31. The van der Waals surface area contributed by atoms with E-state index in [-0.39, 0.29) is 12.0 Å². The smallest absolute Gasteiger partial charge is 0.337 e. The van der Waals surface area contributed by atoms with Gasteiger partial charge in [0.1, 0.15) is 0 Å². The van der Waals surface area contributed by atoms with Crippen LogP contribution in [0.1, 0.15) is 34.8 Å². The lowest BCUT2D eigenvalue weighted by Gasteiger charge is -2.12. The first-order chi connectivity index (χ1) is 7.72. The van der Waals surface area contributed by atoms with E-state index in [1.165, 1.54) is 7.11 Å². The fourth-order valence-corrected chi connectivity index (χ4v) is 2.98. The molecular weight excluding hydrogens is 222 g/mol. The number of carbonyl (C=O) groups excluding carboxylic acids is 1. The third kappa shape index (κ3) is 2.23. The molecule has 3 nitrogen and oxygen atoms in total. The van der Waals surface area contributed by atoms with Crippen LogP contribution in [0.2, 0.25) is 0 Å². The molecule has 2 N–H and O–H groups in total. The monoisotopic (exact) mass is 237 g/mol. The summed E-state index contributed by atoms with van der Waals surface area (Å²) in [5.41, 5.74) is 7.82. The second-order valence-corrected chi connectivity index (χ2v) is 4.98. The maximum absolute atomic E-state index is 11.4. The molecule has 1 heterocycles. The van der Waals surface area contributed by atoms with Gasteiger partial charge in [0.05, 0.1) is 12.7 Å². The zero-order valence-corrected chi connectivity index (χ0v) is 10.0. The van der Waals surface area contributed by atoms with Crippen LogP contribution in [0.5, 0.6) is 0 Å². The van der Waals surface area contributed by atoms with E-state index in [1.807, 2.05) is 12.1 Å². The number of rotatable bonds is 1. The molecule has 0 bridgehead atoms. The molecule has 1 aliphatic rings. The fourth-order valence-electron chi connectivity index (χ4n) is 1.85. The normalized spacial score (nSPS) is 19.8. The van der Waals surface area contributed by atoms with Crippen LogP contribution in [-0.4, -0.2) is 18.8 Å². The standard InChI is InChI=1S/C12H15NO2S/c1-15-12(14)8-4-5-9-10(13)3-2-6-16-11(9)7-8/h4-5,7,10H,2-3,6,13H2,1H3. The molecule has 1 atom stereocenters. The predicted molar refractivity (Wildman–Crippen MR) is 64.7 cm³/mol. The van der Waals surface area contributed by atoms with E-state index in [2.05, 4.69) is 0 Å². The third-order valence-electron chi connectivity index (χ3n) is 2.75. The molecule has 2 rings (SSSR count). The summed E-state index contributed by atoms with van der Waals surface area (Å²) in [5.74, 6) is 0.770. The Hall–Kier alpha value is -1.00. The van der Waals surface area contributed by atoms with Gasteiger partial charge in [-0.25, -0.2) is 4.79 Å². The first kappa shape index (κ1) is 11.5. The lowest BCUT2D eigenvalue weighted by atomic mass is 10.0. The topological polar surface area (TPSA) is 52.3 Å². The molecular formula is C12H15NO2S. The maximum atomic E-state index is 11.4. The minimum Gasteiger partial charge on any atom is -0.465 e. The average molecular weight is 237 g/mol. The molecule has 1 aromatic carbocycles. The van der Waals surface area contributed by atoms with Crippen molar-refractivity contribution in [2.45, 2.75) is 23.8 Å². The molecule has 86 valence electrons. The Labute approximate surface area is 99.4 Å². The van der Waals surface area contributed by atoms with Crippen molar-refractivity contribution in [3.63, 3.8) is 0 Å². The van der Waals surface area contributed by atoms with Crippen LogP contribution < -0.4 is 5.73 Å². The van der Waals surface area contributed by atoms with E-state index in [1.54, 1.807) is 17.8 Å². The first-order valence-electron chi connectivity index (χ1n) is 5.33. The highest BCUT2D eigenvalue weighted by Crippen LogP contribution is 2.34. The van der Waals surface area contributed by atoms with Crippen molar-refractivity contribution in [2.75, 3.05) is 12.9 Å². The number of benzene rings is 1. The quantitative estimate of drug-likeness (QED) is 0.762. The highest BCUT2D eigenvalue weighted by atomic mass is 32.2. The van der Waals surface area contributed by atoms with Crippen LogP contribution in [0, 0.1) is 0 Å². The zero-order valence-electron chi connectivity index (χ0n) is 9.23. The third-order valence-corrected chi connectivity index (χ3v) is 3.91. The van der Waals surface area contributed by atoms with Gasteiger partial charge in [0.25, 0.3) is 0 Å². The van der Waals surface area contributed by atoms with Crippen LogP contribution in [0.25, 0.3) is 0 Å². The van der Waals surface area contributed by atoms with E-state index in [0.717, 1.165) is 29.1 Å². The molecule has 0 saturated carbocycles. The summed E-state index contributed by atoms with van der Waals surface area (Å²) in [6, 6.07) is 5.72. The molecule has 0 saturated heterocycles. The Balaban J connectivity index is 2.37. The van der Waals surface area contributed by atoms with E-state index in [4.69, 9.17) is 10.5 Å². The minimum atomic E-state index is -0.291. The van der Waals surface area contributed by atoms with Crippen LogP contribution in [-0.2, 0) is 4.74 Å². The lowest BCUT2D eigenvalue weighted by Crippen LogP contribution is -2.10. The van der Waals surface area contributed by atoms with E-state index >= 15 is 0 Å². The maximum Gasteiger partial charge on any atom is 0.337 e. The Morgan fingerprint density at radius 3 is 3.12 bits per heavy atom. The number of hydrogen-bond acceptors (Lipinski definition) is 4. The number of fused-ring (bicyclic) bond motifs is 1. The van der Waals surface area contributed by atoms with Gasteiger partial charge in [0.2, 0.25) is 0 Å². The molecule has 0 spiro atoms. The Morgan fingerprint density at radius 1 is 1.56 bits per heavy atom. The largest absolute Gasteiger partial charge is 0.465 e. The molecule has 1 unspecified atom stereocenters. The highest BCUT2D eigenvalue weighted by Gasteiger charge is 2.17. The molecule has 0 aliphatic carbocycles. The summed E-state index contributed by atoms with van der Waals surface area (Å²) in [7, 11) is 1.40. The van der Waals surface area contributed by atoms with Gasteiger partial charge in [-0.3, -0.25) is 0 Å². The lowest BCUT2D eigenvalue weighted by molar-refractivity contribution is 0.0600. The van der Waals surface area contributed by atoms with Crippen molar-refractivity contribution in [3.05, 3.63) is 29.3 Å². The molecule has 0 aromatic heterocycles. The van der Waals surface area contributed by atoms with Gasteiger partial charge in [0, 0.05) is 10.9 Å². The SMILES string of the molecule is COC(=O)c1ccc2c(c1)SCCCC2N. The molecule has 0 radical (unpaired) electrons. The molecule has 1 aliphatic heterocycles. The number of nitrogens with two attached hydrogens (primary N) is 1. The fraction of sp³-hybridized carbons (Fsp3) is 0.417. The van der Waals surface area contributed by atoms with Crippen molar-refractivity contribution in [1.82, 2.24) is 0 Å². The summed E-state index contributed by atoms with van der Waals surface area (Å²) in [5, 5.41) is 0. The number of esters is 1. The van der Waals surface area contributed by atoms with Gasteiger partial charge >= 0.3 is 5.97 Å². The van der Waals surface area contributed by atoms with Crippen molar-refractivity contribution < 1.29 is 9.53 Å². The van der Waals surface area contributed by atoms with Crippen molar-refractivity contribution in [2.24, 2.45) is 5.73 Å². The summed E-state index contributed by atoms with van der Waals surface area (Å²) in [6.07, 6.45) is 2.13.